The van der Waals surface area contributed by atoms with E-state index in [-0.39, 0.29) is 12.5 Å². The lowest BCUT2D eigenvalue weighted by molar-refractivity contribution is -0.150. The quantitative estimate of drug-likeness (QED) is 0.411. The summed E-state index contributed by atoms with van der Waals surface area (Å²) >= 11 is 0. The van der Waals surface area contributed by atoms with Gasteiger partial charge < -0.3 is 24.1 Å². The second kappa shape index (κ2) is 11.4. The average Bonchev–Trinajstić information content (AvgIpc) is 3.13. The highest BCUT2D eigenvalue weighted by Crippen LogP contribution is 2.30. The van der Waals surface area contributed by atoms with E-state index in [9.17, 15) is 14.9 Å². The van der Waals surface area contributed by atoms with Crippen molar-refractivity contribution in [2.45, 2.75) is 59.8 Å². The fraction of sp³-hybridized carbons (Fsp3) is 0.440. The Labute approximate surface area is 199 Å². The van der Waals surface area contributed by atoms with Crippen molar-refractivity contribution in [3.8, 4) is 17.6 Å². The van der Waals surface area contributed by atoms with Crippen LogP contribution in [0.2, 0.25) is 0 Å². The maximum atomic E-state index is 12.3. The van der Waals surface area contributed by atoms with E-state index in [1.807, 2.05) is 27.7 Å². The number of carbonyl (C=O) groups is 2. The van der Waals surface area contributed by atoms with E-state index in [0.29, 0.717) is 22.8 Å². The molecular weight excluding hydrogens is 438 g/mol. The lowest BCUT2D eigenvalue weighted by Gasteiger charge is -2.28. The molecule has 2 rings (SSSR count). The minimum atomic E-state index is -1.06. The number of nitriles is 1. The molecule has 0 aliphatic heterocycles. The number of carbonyl (C=O) groups excluding carboxylic acids is 2. The summed E-state index contributed by atoms with van der Waals surface area (Å²) in [6.07, 6.45) is 1.70. The average molecular weight is 470 g/mol. The van der Waals surface area contributed by atoms with Crippen LogP contribution in [0.5, 0.6) is 11.5 Å². The minimum Gasteiger partial charge on any atom is -0.493 e. The smallest absolute Gasteiger partial charge is 0.331 e. The molecule has 34 heavy (non-hydrogen) atoms. The number of methoxy groups -OCH3 is 1. The summed E-state index contributed by atoms with van der Waals surface area (Å²) < 4.78 is 21.6. The van der Waals surface area contributed by atoms with Crippen molar-refractivity contribution in [2.75, 3.05) is 7.11 Å². The number of nitrogens with zero attached hydrogens (tertiary/aromatic N) is 2. The molecule has 0 saturated heterocycles. The van der Waals surface area contributed by atoms with E-state index >= 15 is 0 Å². The zero-order valence-corrected chi connectivity index (χ0v) is 20.6. The van der Waals surface area contributed by atoms with Crippen LogP contribution < -0.4 is 14.8 Å². The summed E-state index contributed by atoms with van der Waals surface area (Å²) in [7, 11) is 1.52. The third-order valence-electron chi connectivity index (χ3n) is 5.58. The molecule has 1 N–H and O–H groups in total. The number of aryl methyl sites for hydroxylation is 2. The van der Waals surface area contributed by atoms with Crippen molar-refractivity contribution >= 4 is 18.0 Å². The van der Waals surface area contributed by atoms with Crippen LogP contribution in [-0.2, 0) is 20.9 Å². The van der Waals surface area contributed by atoms with Gasteiger partial charge in [0, 0.05) is 6.08 Å². The first-order valence-electron chi connectivity index (χ1n) is 10.8. The first-order valence-corrected chi connectivity index (χ1v) is 10.8. The fourth-order valence-corrected chi connectivity index (χ4v) is 2.86. The van der Waals surface area contributed by atoms with Gasteiger partial charge in [0.15, 0.2) is 17.6 Å². The Morgan fingerprint density at radius 2 is 1.97 bits per heavy atom. The van der Waals surface area contributed by atoms with Gasteiger partial charge in [-0.2, -0.15) is 5.26 Å². The Bertz CT molecular complexity index is 1080. The molecule has 2 aromatic rings. The van der Waals surface area contributed by atoms with Gasteiger partial charge in [0.25, 0.3) is 5.91 Å². The van der Waals surface area contributed by atoms with Gasteiger partial charge >= 0.3 is 5.97 Å². The highest BCUT2D eigenvalue weighted by molar-refractivity contribution is 5.90. The Kier molecular flexibility index (Phi) is 8.84. The van der Waals surface area contributed by atoms with Crippen LogP contribution in [0.4, 0.5) is 0 Å². The van der Waals surface area contributed by atoms with Crippen molar-refractivity contribution in [1.29, 1.82) is 5.26 Å². The molecule has 9 nitrogen and oxygen atoms in total. The molecule has 0 spiro atoms. The molecule has 2 atom stereocenters. The number of nitrogens with one attached hydrogen (secondary N) is 1. The van der Waals surface area contributed by atoms with Crippen molar-refractivity contribution in [3.63, 3.8) is 0 Å². The van der Waals surface area contributed by atoms with Crippen LogP contribution >= 0.6 is 0 Å². The van der Waals surface area contributed by atoms with Gasteiger partial charge in [-0.05, 0) is 57.4 Å². The summed E-state index contributed by atoms with van der Waals surface area (Å²) in [5.41, 5.74) is 1.25. The lowest BCUT2D eigenvalue weighted by atomic mass is 9.90. The van der Waals surface area contributed by atoms with E-state index < -0.39 is 23.5 Å². The van der Waals surface area contributed by atoms with Gasteiger partial charge in [0.05, 0.1) is 24.4 Å². The third-order valence-corrected chi connectivity index (χ3v) is 5.58. The van der Waals surface area contributed by atoms with Gasteiger partial charge in [-0.15, -0.1) is 0 Å². The van der Waals surface area contributed by atoms with Crippen LogP contribution in [0, 0.1) is 31.1 Å². The molecule has 2 unspecified atom stereocenters. The second-order valence-electron chi connectivity index (χ2n) is 8.37. The number of ether oxygens (including phenoxy) is 3. The van der Waals surface area contributed by atoms with Crippen molar-refractivity contribution in [1.82, 2.24) is 10.5 Å². The molecule has 1 heterocycles. The van der Waals surface area contributed by atoms with E-state index in [1.54, 1.807) is 31.2 Å². The predicted octanol–water partition coefficient (Wildman–Crippen LogP) is 3.88. The fourth-order valence-electron chi connectivity index (χ4n) is 2.86. The van der Waals surface area contributed by atoms with Gasteiger partial charge in [-0.1, -0.05) is 25.1 Å². The van der Waals surface area contributed by atoms with Gasteiger partial charge in [0.1, 0.15) is 17.9 Å². The molecule has 0 aliphatic carbocycles. The van der Waals surface area contributed by atoms with E-state index in [1.165, 1.54) is 20.1 Å². The van der Waals surface area contributed by atoms with Gasteiger partial charge in [0.2, 0.25) is 0 Å². The lowest BCUT2D eigenvalue weighted by Crippen LogP contribution is -2.52. The number of aromatic nitrogens is 1. The van der Waals surface area contributed by atoms with Crippen molar-refractivity contribution in [3.05, 3.63) is 46.9 Å². The summed E-state index contributed by atoms with van der Waals surface area (Å²) in [4.78, 5) is 24.5. The first kappa shape index (κ1) is 26.5. The summed E-state index contributed by atoms with van der Waals surface area (Å²) in [5.74, 6) is 0.358. The molecule has 0 bridgehead atoms. The minimum absolute atomic E-state index is 0.115. The van der Waals surface area contributed by atoms with E-state index in [0.717, 1.165) is 11.3 Å². The topological polar surface area (TPSA) is 124 Å². The zero-order valence-electron chi connectivity index (χ0n) is 20.6. The summed E-state index contributed by atoms with van der Waals surface area (Å²) in [6, 6.07) is 7.28. The largest absolute Gasteiger partial charge is 0.493 e. The maximum Gasteiger partial charge on any atom is 0.331 e. The Morgan fingerprint density at radius 1 is 1.26 bits per heavy atom. The molecule has 0 saturated carbocycles. The van der Waals surface area contributed by atoms with E-state index in [4.69, 9.17) is 18.7 Å². The monoisotopic (exact) mass is 469 g/mol. The third kappa shape index (κ3) is 6.61. The molecular formula is C25H31N3O6. The Balaban J connectivity index is 1.99. The zero-order chi connectivity index (χ0) is 25.5. The van der Waals surface area contributed by atoms with Gasteiger partial charge in [-0.3, -0.25) is 4.79 Å². The number of rotatable bonds is 10. The molecule has 0 fully saturated rings. The van der Waals surface area contributed by atoms with Crippen LogP contribution in [0.15, 0.2) is 28.8 Å². The van der Waals surface area contributed by atoms with Crippen LogP contribution in [0.1, 0.15) is 50.3 Å². The molecule has 182 valence electrons. The van der Waals surface area contributed by atoms with Crippen molar-refractivity contribution < 1.29 is 28.3 Å². The van der Waals surface area contributed by atoms with Crippen molar-refractivity contribution in [2.24, 2.45) is 5.92 Å². The van der Waals surface area contributed by atoms with Crippen LogP contribution in [-0.4, -0.2) is 35.8 Å². The molecule has 1 aromatic carbocycles. The number of benzene rings is 1. The first-order chi connectivity index (χ1) is 16.0. The Morgan fingerprint density at radius 3 is 2.53 bits per heavy atom. The number of hydrogen-bond donors (Lipinski definition) is 1. The highest BCUT2D eigenvalue weighted by atomic mass is 16.5. The summed E-state index contributed by atoms with van der Waals surface area (Å²) in [6.45, 7) is 10.7. The maximum absolute atomic E-state index is 12.3. The SMILES string of the molecule is COc1cc(/C=C/C(=O)OC(C)C(=O)NC(C)(C#N)C(C)C)ccc1OCc1c(C)noc1C. The molecule has 1 amide bonds. The number of esters is 1. The normalized spacial score (nSPS) is 13.7. The standard InChI is InChI=1S/C25H31N3O6/c1-15(2)25(6,14-26)27-24(30)18(5)33-23(29)11-9-19-8-10-21(22(12-19)31-7)32-13-20-16(3)28-34-17(20)4/h8-12,15,18H,13H2,1-7H3,(H,27,30)/b11-9+. The Hall–Kier alpha value is -3.80. The van der Waals surface area contributed by atoms with Crippen LogP contribution in [0.3, 0.4) is 0 Å². The van der Waals surface area contributed by atoms with Gasteiger partial charge in [-0.25, -0.2) is 4.79 Å². The summed E-state index contributed by atoms with van der Waals surface area (Å²) in [5, 5.41) is 15.9. The molecule has 9 heteroatoms. The molecule has 1 aromatic heterocycles. The molecule has 0 radical (unpaired) electrons. The predicted molar refractivity (Wildman–Crippen MR) is 125 cm³/mol. The number of amides is 1. The molecule has 0 aliphatic rings. The van der Waals surface area contributed by atoms with E-state index in [2.05, 4.69) is 16.5 Å². The second-order valence-corrected chi connectivity index (χ2v) is 8.37. The number of hydrogen-bond acceptors (Lipinski definition) is 8. The highest BCUT2D eigenvalue weighted by Gasteiger charge is 2.32. The van der Waals surface area contributed by atoms with Crippen LogP contribution in [0.25, 0.3) is 6.08 Å².